The van der Waals surface area contributed by atoms with Gasteiger partial charge in [-0.1, -0.05) is 6.07 Å². The summed E-state index contributed by atoms with van der Waals surface area (Å²) in [4.78, 5) is 32.8. The topological polar surface area (TPSA) is 123 Å². The summed E-state index contributed by atoms with van der Waals surface area (Å²) in [5.41, 5.74) is 3.22. The molecular formula is C23H21N7O3. The van der Waals surface area contributed by atoms with Crippen LogP contribution in [0.1, 0.15) is 24.1 Å². The number of carbonyl (C=O) groups is 1. The first-order chi connectivity index (χ1) is 16.1. The van der Waals surface area contributed by atoms with Gasteiger partial charge in [-0.15, -0.1) is 0 Å². The van der Waals surface area contributed by atoms with Crippen molar-refractivity contribution in [1.82, 2.24) is 25.1 Å². The fraction of sp³-hybridized carbons (Fsp3) is 0.217. The lowest BCUT2D eigenvalue weighted by Gasteiger charge is -2.21. The molecule has 1 fully saturated rings. The average molecular weight is 443 g/mol. The molecule has 1 aliphatic heterocycles. The Balaban J connectivity index is 1.59. The van der Waals surface area contributed by atoms with Crippen molar-refractivity contribution in [1.29, 1.82) is 0 Å². The summed E-state index contributed by atoms with van der Waals surface area (Å²) >= 11 is 0. The number of fused-ring (bicyclic) bond motifs is 1. The molecule has 3 aromatic rings. The number of pyridine rings is 1. The maximum atomic E-state index is 12.3. The smallest absolute Gasteiger partial charge is 0.228 e. The summed E-state index contributed by atoms with van der Waals surface area (Å²) in [7, 11) is 3.36. The van der Waals surface area contributed by atoms with E-state index in [1.54, 1.807) is 43.5 Å². The fourth-order valence-electron chi connectivity index (χ4n) is 3.68. The molecule has 166 valence electrons. The van der Waals surface area contributed by atoms with Crippen molar-refractivity contribution in [2.75, 3.05) is 17.7 Å². The van der Waals surface area contributed by atoms with Crippen LogP contribution in [-0.4, -0.2) is 38.7 Å². The maximum absolute atomic E-state index is 12.3. The zero-order valence-electron chi connectivity index (χ0n) is 18.0. The van der Waals surface area contributed by atoms with Crippen LogP contribution in [0.2, 0.25) is 0 Å². The summed E-state index contributed by atoms with van der Waals surface area (Å²) in [6, 6.07) is 7.26. The molecule has 3 N–H and O–H groups in total. The van der Waals surface area contributed by atoms with Gasteiger partial charge in [0.2, 0.25) is 5.91 Å². The Morgan fingerprint density at radius 3 is 2.85 bits per heavy atom. The molecule has 3 heterocycles. The van der Waals surface area contributed by atoms with E-state index in [-0.39, 0.29) is 17.5 Å². The molecule has 1 aliphatic carbocycles. The standard InChI is InChI=1S/C23H21N7O3/c1-30-12-25-22(29-30)14-4-3-5-16(21(14)33-2)26-17-10-19(28-23(32)13-6-7-13)27-15-8-9-24-18(11-31)20(15)17/h3-5,8-10,12-13,24H,6-7H2,1-2H3,(H2,26,27,28,32). The number of benzene rings is 1. The number of anilines is 3. The maximum Gasteiger partial charge on any atom is 0.228 e. The predicted octanol–water partition coefficient (Wildman–Crippen LogP) is 2.72. The zero-order valence-corrected chi connectivity index (χ0v) is 18.0. The highest BCUT2D eigenvalue weighted by molar-refractivity contribution is 5.99. The SMILES string of the molecule is COc1c(Nc2cc(NC(=O)C3CC3)nc3c2C(=C=O)NC=C3)cccc1-c1ncn(C)n1. The Labute approximate surface area is 189 Å². The summed E-state index contributed by atoms with van der Waals surface area (Å²) in [5.74, 6) is 3.35. The average Bonchev–Trinajstić information content (AvgIpc) is 3.59. The number of hydrogen-bond donors (Lipinski definition) is 3. The molecule has 10 heteroatoms. The first-order valence-electron chi connectivity index (χ1n) is 10.4. The van der Waals surface area contributed by atoms with Gasteiger partial charge in [0.15, 0.2) is 17.5 Å². The molecule has 33 heavy (non-hydrogen) atoms. The molecule has 1 amide bonds. The van der Waals surface area contributed by atoms with E-state index in [9.17, 15) is 9.59 Å². The Bertz CT molecular complexity index is 1330. The zero-order chi connectivity index (χ0) is 22.9. The number of nitrogens with zero attached hydrogens (tertiary/aromatic N) is 4. The third-order valence-electron chi connectivity index (χ3n) is 5.40. The van der Waals surface area contributed by atoms with E-state index >= 15 is 0 Å². The molecule has 0 unspecified atom stereocenters. The molecule has 0 radical (unpaired) electrons. The summed E-state index contributed by atoms with van der Waals surface area (Å²) in [6.07, 6.45) is 6.73. The molecule has 0 saturated heterocycles. The largest absolute Gasteiger partial charge is 0.494 e. The van der Waals surface area contributed by atoms with Crippen LogP contribution in [0.25, 0.3) is 23.2 Å². The van der Waals surface area contributed by atoms with Gasteiger partial charge in [0.05, 0.1) is 35.3 Å². The van der Waals surface area contributed by atoms with Gasteiger partial charge in [-0.05, 0) is 31.1 Å². The molecule has 0 atom stereocenters. The Kier molecular flexibility index (Phi) is 5.12. The van der Waals surface area contributed by atoms with E-state index in [2.05, 4.69) is 31.0 Å². The number of carbonyl (C=O) groups excluding carboxylic acids is 2. The van der Waals surface area contributed by atoms with Crippen molar-refractivity contribution in [3.05, 3.63) is 48.1 Å². The van der Waals surface area contributed by atoms with Crippen molar-refractivity contribution < 1.29 is 14.3 Å². The molecule has 5 rings (SSSR count). The third-order valence-corrected chi connectivity index (χ3v) is 5.40. The van der Waals surface area contributed by atoms with Crippen LogP contribution in [0.3, 0.4) is 0 Å². The minimum Gasteiger partial charge on any atom is -0.494 e. The highest BCUT2D eigenvalue weighted by Crippen LogP contribution is 2.39. The predicted molar refractivity (Wildman–Crippen MR) is 123 cm³/mol. The number of amides is 1. The van der Waals surface area contributed by atoms with Crippen molar-refractivity contribution in [2.45, 2.75) is 12.8 Å². The first-order valence-corrected chi connectivity index (χ1v) is 10.4. The van der Waals surface area contributed by atoms with E-state index in [4.69, 9.17) is 4.74 Å². The van der Waals surface area contributed by atoms with Crippen molar-refractivity contribution in [3.8, 4) is 17.1 Å². The molecule has 0 bridgehead atoms. The van der Waals surface area contributed by atoms with Gasteiger partial charge >= 0.3 is 0 Å². The number of aromatic nitrogens is 4. The van der Waals surface area contributed by atoms with E-state index in [1.165, 1.54) is 0 Å². The van der Waals surface area contributed by atoms with Crippen LogP contribution in [0.5, 0.6) is 5.75 Å². The summed E-state index contributed by atoms with van der Waals surface area (Å²) in [5, 5.41) is 13.5. The van der Waals surface area contributed by atoms with Gasteiger partial charge in [0, 0.05) is 25.2 Å². The quantitative estimate of drug-likeness (QED) is 0.497. The number of aryl methyl sites for hydroxylation is 1. The molecular weight excluding hydrogens is 422 g/mol. The second-order valence-corrected chi connectivity index (χ2v) is 7.79. The number of para-hydroxylation sites is 1. The summed E-state index contributed by atoms with van der Waals surface area (Å²) < 4.78 is 7.31. The van der Waals surface area contributed by atoms with Crippen LogP contribution < -0.4 is 20.7 Å². The van der Waals surface area contributed by atoms with Crippen LogP contribution in [0.15, 0.2) is 36.8 Å². The van der Waals surface area contributed by atoms with Gasteiger partial charge in [0.25, 0.3) is 0 Å². The van der Waals surface area contributed by atoms with E-state index in [0.717, 1.165) is 12.8 Å². The van der Waals surface area contributed by atoms with Gasteiger partial charge < -0.3 is 20.7 Å². The van der Waals surface area contributed by atoms with Gasteiger partial charge in [-0.2, -0.15) is 5.10 Å². The normalized spacial score (nSPS) is 14.2. The van der Waals surface area contributed by atoms with Crippen molar-refractivity contribution >= 4 is 40.8 Å². The highest BCUT2D eigenvalue weighted by Gasteiger charge is 2.30. The Morgan fingerprint density at radius 2 is 2.15 bits per heavy atom. The highest BCUT2D eigenvalue weighted by atomic mass is 16.5. The monoisotopic (exact) mass is 443 g/mol. The van der Waals surface area contributed by atoms with Gasteiger partial charge in [-0.3, -0.25) is 9.48 Å². The number of methoxy groups -OCH3 is 1. The molecule has 10 nitrogen and oxygen atoms in total. The number of rotatable bonds is 6. The Morgan fingerprint density at radius 1 is 1.30 bits per heavy atom. The number of hydrogen-bond acceptors (Lipinski definition) is 8. The molecule has 1 aromatic carbocycles. The van der Waals surface area contributed by atoms with E-state index in [1.807, 2.05) is 24.1 Å². The molecule has 2 aliphatic rings. The Hall–Kier alpha value is -4.43. The van der Waals surface area contributed by atoms with Crippen molar-refractivity contribution in [3.63, 3.8) is 0 Å². The van der Waals surface area contributed by atoms with E-state index in [0.29, 0.717) is 45.6 Å². The van der Waals surface area contributed by atoms with Gasteiger partial charge in [0.1, 0.15) is 17.8 Å². The second-order valence-electron chi connectivity index (χ2n) is 7.79. The van der Waals surface area contributed by atoms with Crippen molar-refractivity contribution in [2.24, 2.45) is 13.0 Å². The molecule has 2 aromatic heterocycles. The van der Waals surface area contributed by atoms with Crippen LogP contribution in [-0.2, 0) is 16.6 Å². The second kappa shape index (κ2) is 8.25. The fourth-order valence-corrected chi connectivity index (χ4v) is 3.68. The summed E-state index contributed by atoms with van der Waals surface area (Å²) in [6.45, 7) is 0. The number of nitrogens with one attached hydrogen (secondary N) is 3. The van der Waals surface area contributed by atoms with Crippen LogP contribution in [0.4, 0.5) is 17.2 Å². The van der Waals surface area contributed by atoms with E-state index < -0.39 is 0 Å². The number of ether oxygens (including phenoxy) is 1. The minimum absolute atomic E-state index is 0.0320. The molecule has 1 saturated carbocycles. The lowest BCUT2D eigenvalue weighted by molar-refractivity contribution is -0.117. The molecule has 0 spiro atoms. The lowest BCUT2D eigenvalue weighted by Crippen LogP contribution is -2.18. The van der Waals surface area contributed by atoms with Crippen LogP contribution >= 0.6 is 0 Å². The first kappa shape index (κ1) is 20.5. The van der Waals surface area contributed by atoms with Crippen LogP contribution in [0, 0.1) is 5.92 Å². The lowest BCUT2D eigenvalue weighted by atomic mass is 10.0. The third kappa shape index (κ3) is 3.95. The minimum atomic E-state index is -0.0572. The van der Waals surface area contributed by atoms with Gasteiger partial charge in [-0.25, -0.2) is 14.8 Å².